The molecule has 3 N–H and O–H groups in total. The number of hydrogen-bond donors (Lipinski definition) is 2. The maximum Gasteiger partial charge on any atom is 0.316 e. The first-order valence-corrected chi connectivity index (χ1v) is 14.0. The average Bonchev–Trinajstić information content (AvgIpc) is 3.64. The van der Waals surface area contributed by atoms with Gasteiger partial charge in [-0.05, 0) is 36.6 Å². The summed E-state index contributed by atoms with van der Waals surface area (Å²) in [6.07, 6.45) is 3.35. The van der Waals surface area contributed by atoms with Gasteiger partial charge in [-0.25, -0.2) is 8.78 Å². The van der Waals surface area contributed by atoms with Crippen LogP contribution in [0.15, 0.2) is 53.5 Å². The highest BCUT2D eigenvalue weighted by atomic mass is 32.2. The predicted molar refractivity (Wildman–Crippen MR) is 143 cm³/mol. The van der Waals surface area contributed by atoms with Gasteiger partial charge in [0.15, 0.2) is 0 Å². The highest BCUT2D eigenvalue weighted by molar-refractivity contribution is 7.87. The summed E-state index contributed by atoms with van der Waals surface area (Å²) in [7, 11) is -3.78. The lowest BCUT2D eigenvalue weighted by Gasteiger charge is -2.35. The van der Waals surface area contributed by atoms with Gasteiger partial charge in [0, 0.05) is 49.9 Å². The number of para-hydroxylation sites is 1. The monoisotopic (exact) mass is 560 g/mol. The first-order chi connectivity index (χ1) is 18.5. The SMILES string of the molecule is CC1(COc2c(N3CCN(S(=O)(=O)NCc4ccccc4N)CC3)cnn(-c3cc(F)cc(F)c3)c2=O)CC1. The molecule has 1 saturated heterocycles. The van der Waals surface area contributed by atoms with Crippen molar-refractivity contribution in [1.29, 1.82) is 0 Å². The second-order valence-electron chi connectivity index (χ2n) is 10.2. The number of anilines is 2. The van der Waals surface area contributed by atoms with Crippen molar-refractivity contribution in [2.75, 3.05) is 43.4 Å². The van der Waals surface area contributed by atoms with Gasteiger partial charge in [-0.1, -0.05) is 25.1 Å². The van der Waals surface area contributed by atoms with E-state index in [1.54, 1.807) is 24.3 Å². The van der Waals surface area contributed by atoms with Crippen molar-refractivity contribution in [1.82, 2.24) is 18.8 Å². The van der Waals surface area contributed by atoms with Crippen molar-refractivity contribution < 1.29 is 21.9 Å². The number of nitrogens with one attached hydrogen (secondary N) is 1. The number of ether oxygens (including phenoxy) is 1. The van der Waals surface area contributed by atoms with Crippen LogP contribution in [-0.2, 0) is 16.8 Å². The summed E-state index contributed by atoms with van der Waals surface area (Å²) in [5.74, 6) is -1.66. The van der Waals surface area contributed by atoms with E-state index in [4.69, 9.17) is 10.5 Å². The summed E-state index contributed by atoms with van der Waals surface area (Å²) >= 11 is 0. The minimum absolute atomic E-state index is 0.0109. The third-order valence-corrected chi connectivity index (χ3v) is 8.65. The van der Waals surface area contributed by atoms with E-state index in [9.17, 15) is 22.0 Å². The van der Waals surface area contributed by atoms with Gasteiger partial charge >= 0.3 is 5.56 Å². The lowest BCUT2D eigenvalue weighted by molar-refractivity contribution is 0.242. The Morgan fingerprint density at radius 3 is 2.38 bits per heavy atom. The van der Waals surface area contributed by atoms with Crippen molar-refractivity contribution in [3.63, 3.8) is 0 Å². The fraction of sp³-hybridized carbons (Fsp3) is 0.385. The standard InChI is InChI=1S/C26H30F2N6O4S/c1-26(6-7-26)17-38-24-23(16-30-34(25(24)35)21-13-19(27)12-20(28)14-21)32-8-10-33(11-9-32)39(36,37)31-15-18-4-2-3-5-22(18)29/h2-5,12-14,16,31H,6-11,15,17,29H2,1H3. The molecule has 1 aliphatic heterocycles. The van der Waals surface area contributed by atoms with Crippen LogP contribution in [0.5, 0.6) is 5.75 Å². The Balaban J connectivity index is 1.34. The maximum atomic E-state index is 13.8. The molecule has 10 nitrogen and oxygen atoms in total. The van der Waals surface area contributed by atoms with Gasteiger partial charge in [-0.3, -0.25) is 4.79 Å². The molecule has 13 heteroatoms. The Hall–Kier alpha value is -3.55. The molecule has 1 aromatic heterocycles. The molecule has 0 bridgehead atoms. The summed E-state index contributed by atoms with van der Waals surface area (Å²) in [6.45, 7) is 3.30. The third-order valence-electron chi connectivity index (χ3n) is 7.09. The van der Waals surface area contributed by atoms with Gasteiger partial charge in [0.05, 0.1) is 18.5 Å². The number of aromatic nitrogens is 2. The molecule has 2 heterocycles. The molecule has 0 atom stereocenters. The number of piperazine rings is 1. The molecule has 0 unspecified atom stereocenters. The number of benzene rings is 2. The maximum absolute atomic E-state index is 13.8. The molecule has 39 heavy (non-hydrogen) atoms. The van der Waals surface area contributed by atoms with Crippen molar-refractivity contribution in [3.8, 4) is 11.4 Å². The minimum atomic E-state index is -3.78. The number of halogens is 2. The minimum Gasteiger partial charge on any atom is -0.486 e. The molecule has 1 aliphatic carbocycles. The van der Waals surface area contributed by atoms with E-state index in [1.807, 2.05) is 11.8 Å². The Morgan fingerprint density at radius 1 is 1.08 bits per heavy atom. The van der Waals surface area contributed by atoms with Crippen LogP contribution in [0.1, 0.15) is 25.3 Å². The van der Waals surface area contributed by atoms with E-state index in [0.29, 0.717) is 29.6 Å². The molecule has 0 spiro atoms. The van der Waals surface area contributed by atoms with E-state index in [2.05, 4.69) is 9.82 Å². The molecular formula is C26H30F2N6O4S. The first kappa shape index (κ1) is 27.0. The third kappa shape index (κ3) is 6.05. The van der Waals surface area contributed by atoms with E-state index < -0.39 is 27.4 Å². The van der Waals surface area contributed by atoms with E-state index in [-0.39, 0.29) is 49.6 Å². The molecular weight excluding hydrogens is 530 g/mol. The van der Waals surface area contributed by atoms with Gasteiger partial charge in [0.1, 0.15) is 17.3 Å². The topological polar surface area (TPSA) is 123 Å². The Labute approximate surface area is 225 Å². The number of nitrogen functional groups attached to an aromatic ring is 1. The van der Waals surface area contributed by atoms with Crippen LogP contribution in [-0.4, -0.2) is 55.3 Å². The number of nitrogens with zero attached hydrogens (tertiary/aromatic N) is 4. The van der Waals surface area contributed by atoms with E-state index in [1.165, 1.54) is 10.5 Å². The number of rotatable bonds is 9. The zero-order valence-electron chi connectivity index (χ0n) is 21.4. The number of nitrogens with two attached hydrogens (primary N) is 1. The molecule has 5 rings (SSSR count). The smallest absolute Gasteiger partial charge is 0.316 e. The van der Waals surface area contributed by atoms with Crippen molar-refractivity contribution in [2.45, 2.75) is 26.3 Å². The second kappa shape index (κ2) is 10.5. The van der Waals surface area contributed by atoms with Crippen LogP contribution in [0.3, 0.4) is 0 Å². The Kier molecular flexibility index (Phi) is 7.31. The molecule has 0 amide bonds. The molecule has 1 saturated carbocycles. The summed E-state index contributed by atoms with van der Waals surface area (Å²) in [6, 6.07) is 9.77. The predicted octanol–water partition coefficient (Wildman–Crippen LogP) is 2.43. The molecule has 0 radical (unpaired) electrons. The normalized spacial score (nSPS) is 17.3. The van der Waals surface area contributed by atoms with Gasteiger partial charge in [0.25, 0.3) is 10.2 Å². The van der Waals surface area contributed by atoms with Gasteiger partial charge in [-0.15, -0.1) is 0 Å². The summed E-state index contributed by atoms with van der Waals surface area (Å²) in [4.78, 5) is 15.3. The van der Waals surface area contributed by atoms with Gasteiger partial charge in [-0.2, -0.15) is 27.2 Å². The average molecular weight is 561 g/mol. The zero-order valence-corrected chi connectivity index (χ0v) is 22.3. The summed E-state index contributed by atoms with van der Waals surface area (Å²) < 4.78 is 64.3. The fourth-order valence-electron chi connectivity index (χ4n) is 4.36. The zero-order chi connectivity index (χ0) is 27.8. The number of hydrogen-bond acceptors (Lipinski definition) is 7. The van der Waals surface area contributed by atoms with Crippen LogP contribution in [0.25, 0.3) is 5.69 Å². The molecule has 3 aromatic rings. The van der Waals surface area contributed by atoms with Crippen LogP contribution in [0, 0.1) is 17.0 Å². The molecule has 2 aromatic carbocycles. The van der Waals surface area contributed by atoms with Crippen LogP contribution >= 0.6 is 0 Å². The highest BCUT2D eigenvalue weighted by Crippen LogP contribution is 2.45. The van der Waals surface area contributed by atoms with Gasteiger partial charge in [0.2, 0.25) is 5.75 Å². The van der Waals surface area contributed by atoms with Crippen LogP contribution in [0.4, 0.5) is 20.2 Å². The van der Waals surface area contributed by atoms with Crippen LogP contribution < -0.4 is 25.7 Å². The van der Waals surface area contributed by atoms with E-state index in [0.717, 1.165) is 29.7 Å². The fourth-order valence-corrected chi connectivity index (χ4v) is 5.53. The van der Waals surface area contributed by atoms with Gasteiger partial charge < -0.3 is 15.4 Å². The molecule has 208 valence electrons. The Bertz CT molecular complexity index is 1520. The largest absolute Gasteiger partial charge is 0.486 e. The Morgan fingerprint density at radius 2 is 1.74 bits per heavy atom. The van der Waals surface area contributed by atoms with E-state index >= 15 is 0 Å². The van der Waals surface area contributed by atoms with Crippen molar-refractivity contribution in [2.24, 2.45) is 5.41 Å². The quantitative estimate of drug-likeness (QED) is 0.386. The first-order valence-electron chi connectivity index (χ1n) is 12.6. The molecule has 2 fully saturated rings. The second-order valence-corrected chi connectivity index (χ2v) is 12.0. The van der Waals surface area contributed by atoms with Crippen LogP contribution in [0.2, 0.25) is 0 Å². The molecule has 2 aliphatic rings. The van der Waals surface area contributed by atoms with Crippen molar-refractivity contribution >= 4 is 21.6 Å². The summed E-state index contributed by atoms with van der Waals surface area (Å²) in [5, 5.41) is 4.16. The lowest BCUT2D eigenvalue weighted by atomic mass is 10.2. The lowest BCUT2D eigenvalue weighted by Crippen LogP contribution is -2.52. The summed E-state index contributed by atoms with van der Waals surface area (Å²) in [5.41, 5.74) is 6.74. The van der Waals surface area contributed by atoms with Crippen molar-refractivity contribution in [3.05, 3.63) is 76.2 Å². The highest BCUT2D eigenvalue weighted by Gasteiger charge is 2.39.